The minimum atomic E-state index is 0.690. The van der Waals surface area contributed by atoms with Gasteiger partial charge in [-0.15, -0.1) is 0 Å². The lowest BCUT2D eigenvalue weighted by Crippen LogP contribution is -2.44. The third-order valence-corrected chi connectivity index (χ3v) is 3.06. The second kappa shape index (κ2) is 5.24. The molecule has 0 radical (unpaired) electrons. The zero-order valence-electron chi connectivity index (χ0n) is 8.79. The summed E-state index contributed by atoms with van der Waals surface area (Å²) in [4.78, 5) is 5.96. The summed E-state index contributed by atoms with van der Waals surface area (Å²) in [5, 5.41) is 0. The molecule has 0 saturated carbocycles. The Morgan fingerprint density at radius 3 is 2.46 bits per heavy atom. The van der Waals surface area contributed by atoms with E-state index in [1.54, 1.807) is 0 Å². The molecule has 0 aromatic rings. The van der Waals surface area contributed by atoms with E-state index in [2.05, 4.69) is 23.6 Å². The SMILES string of the molecule is [C-]#[N+]CCCN1C(C)CCCC1C. The van der Waals surface area contributed by atoms with Gasteiger partial charge in [-0.1, -0.05) is 6.42 Å². The smallest absolute Gasteiger partial charge is 0.215 e. The van der Waals surface area contributed by atoms with E-state index in [4.69, 9.17) is 6.57 Å². The monoisotopic (exact) mass is 180 g/mol. The molecular weight excluding hydrogens is 160 g/mol. The van der Waals surface area contributed by atoms with Gasteiger partial charge in [-0.2, -0.15) is 0 Å². The van der Waals surface area contributed by atoms with Crippen molar-refractivity contribution in [3.8, 4) is 0 Å². The summed E-state index contributed by atoms with van der Waals surface area (Å²) in [7, 11) is 0. The average molecular weight is 180 g/mol. The van der Waals surface area contributed by atoms with Crippen LogP contribution < -0.4 is 0 Å². The Morgan fingerprint density at radius 2 is 1.92 bits per heavy atom. The molecule has 1 saturated heterocycles. The van der Waals surface area contributed by atoms with Gasteiger partial charge in [0, 0.05) is 25.0 Å². The molecule has 0 aromatic heterocycles. The van der Waals surface area contributed by atoms with Gasteiger partial charge in [0.25, 0.3) is 0 Å². The van der Waals surface area contributed by atoms with E-state index in [0.717, 1.165) is 25.0 Å². The Bertz CT molecular complexity index is 173. The van der Waals surface area contributed by atoms with Crippen LogP contribution in [0.15, 0.2) is 0 Å². The highest BCUT2D eigenvalue weighted by Gasteiger charge is 2.23. The molecule has 0 aromatic carbocycles. The van der Waals surface area contributed by atoms with Crippen molar-refractivity contribution < 1.29 is 0 Å². The second-order valence-corrected chi connectivity index (χ2v) is 4.10. The topological polar surface area (TPSA) is 7.60 Å². The van der Waals surface area contributed by atoms with E-state index in [0.29, 0.717) is 6.54 Å². The lowest BCUT2D eigenvalue weighted by Gasteiger charge is -2.38. The highest BCUT2D eigenvalue weighted by Crippen LogP contribution is 2.22. The molecule has 74 valence electrons. The van der Waals surface area contributed by atoms with Gasteiger partial charge < -0.3 is 4.85 Å². The Labute approximate surface area is 81.7 Å². The molecule has 1 aliphatic rings. The van der Waals surface area contributed by atoms with Crippen LogP contribution in [0.5, 0.6) is 0 Å². The van der Waals surface area contributed by atoms with E-state index >= 15 is 0 Å². The first kappa shape index (κ1) is 10.5. The summed E-state index contributed by atoms with van der Waals surface area (Å²) in [6, 6.07) is 1.46. The second-order valence-electron chi connectivity index (χ2n) is 4.10. The average Bonchev–Trinajstić information content (AvgIpc) is 2.10. The molecule has 0 spiro atoms. The summed E-state index contributed by atoms with van der Waals surface area (Å²) in [5.74, 6) is 0. The van der Waals surface area contributed by atoms with Crippen LogP contribution in [0.4, 0.5) is 0 Å². The highest BCUT2D eigenvalue weighted by molar-refractivity contribution is 4.79. The van der Waals surface area contributed by atoms with Gasteiger partial charge in [-0.25, -0.2) is 6.57 Å². The van der Waals surface area contributed by atoms with Crippen LogP contribution in [-0.4, -0.2) is 30.1 Å². The van der Waals surface area contributed by atoms with Crippen LogP contribution in [0.2, 0.25) is 0 Å². The molecule has 2 nitrogen and oxygen atoms in total. The van der Waals surface area contributed by atoms with Gasteiger partial charge in [0.1, 0.15) is 0 Å². The fourth-order valence-corrected chi connectivity index (χ4v) is 2.25. The number of piperidine rings is 1. The van der Waals surface area contributed by atoms with E-state index in [1.165, 1.54) is 19.3 Å². The van der Waals surface area contributed by atoms with Crippen molar-refractivity contribution in [3.05, 3.63) is 11.4 Å². The lowest BCUT2D eigenvalue weighted by atomic mass is 9.97. The predicted octanol–water partition coefficient (Wildman–Crippen LogP) is 2.56. The Kier molecular flexibility index (Phi) is 4.24. The van der Waals surface area contributed by atoms with Crippen LogP contribution >= 0.6 is 0 Å². The summed E-state index contributed by atoms with van der Waals surface area (Å²) < 4.78 is 0. The molecule has 2 atom stereocenters. The van der Waals surface area contributed by atoms with E-state index in [9.17, 15) is 0 Å². The van der Waals surface area contributed by atoms with Crippen molar-refractivity contribution in [2.75, 3.05) is 13.1 Å². The first-order valence-corrected chi connectivity index (χ1v) is 5.34. The van der Waals surface area contributed by atoms with Gasteiger partial charge in [0.2, 0.25) is 6.54 Å². The third kappa shape index (κ3) is 3.00. The van der Waals surface area contributed by atoms with Crippen molar-refractivity contribution in [2.45, 2.75) is 51.6 Å². The van der Waals surface area contributed by atoms with Crippen molar-refractivity contribution in [3.63, 3.8) is 0 Å². The fourth-order valence-electron chi connectivity index (χ4n) is 2.25. The summed E-state index contributed by atoms with van der Waals surface area (Å²) in [6.45, 7) is 13.2. The van der Waals surface area contributed by atoms with Gasteiger partial charge >= 0.3 is 0 Å². The van der Waals surface area contributed by atoms with E-state index in [1.807, 2.05) is 0 Å². The Balaban J connectivity index is 2.31. The maximum atomic E-state index is 6.73. The van der Waals surface area contributed by atoms with Crippen LogP contribution in [0.25, 0.3) is 4.85 Å². The maximum absolute atomic E-state index is 6.73. The van der Waals surface area contributed by atoms with Crippen molar-refractivity contribution in [1.29, 1.82) is 0 Å². The van der Waals surface area contributed by atoms with Gasteiger partial charge in [-0.3, -0.25) is 4.90 Å². The quantitative estimate of drug-likeness (QED) is 0.478. The van der Waals surface area contributed by atoms with Crippen LogP contribution in [-0.2, 0) is 0 Å². The number of likely N-dealkylation sites (tertiary alicyclic amines) is 1. The van der Waals surface area contributed by atoms with Crippen molar-refractivity contribution in [2.24, 2.45) is 0 Å². The lowest BCUT2D eigenvalue weighted by molar-refractivity contribution is 0.104. The normalized spacial score (nSPS) is 29.9. The van der Waals surface area contributed by atoms with Crippen LogP contribution in [0.1, 0.15) is 39.5 Å². The molecule has 2 heteroatoms. The fraction of sp³-hybridized carbons (Fsp3) is 0.909. The van der Waals surface area contributed by atoms with E-state index < -0.39 is 0 Å². The molecule has 1 aliphatic heterocycles. The standard InChI is InChI=1S/C11H20N2/c1-10-6-4-7-11(2)13(10)9-5-8-12-3/h10-11H,4-9H2,1-2H3. The van der Waals surface area contributed by atoms with Crippen LogP contribution in [0.3, 0.4) is 0 Å². The first-order chi connectivity index (χ1) is 6.25. The van der Waals surface area contributed by atoms with Crippen LogP contribution in [0, 0.1) is 6.57 Å². The molecule has 0 aliphatic carbocycles. The number of rotatable bonds is 3. The van der Waals surface area contributed by atoms with E-state index in [-0.39, 0.29) is 0 Å². The molecule has 0 N–H and O–H groups in total. The molecule has 13 heavy (non-hydrogen) atoms. The van der Waals surface area contributed by atoms with Gasteiger partial charge in [0.05, 0.1) is 0 Å². The van der Waals surface area contributed by atoms with Gasteiger partial charge in [-0.05, 0) is 26.7 Å². The summed E-state index contributed by atoms with van der Waals surface area (Å²) in [5.41, 5.74) is 0. The minimum absolute atomic E-state index is 0.690. The predicted molar refractivity (Wildman–Crippen MR) is 55.6 cm³/mol. The number of nitrogens with zero attached hydrogens (tertiary/aromatic N) is 2. The molecule has 1 heterocycles. The molecular formula is C11H20N2. The molecule has 0 bridgehead atoms. The molecule has 0 amide bonds. The largest absolute Gasteiger partial charge is 0.317 e. The number of hydrogen-bond donors (Lipinski definition) is 0. The minimum Gasteiger partial charge on any atom is -0.317 e. The summed E-state index contributed by atoms with van der Waals surface area (Å²) >= 11 is 0. The van der Waals surface area contributed by atoms with Crippen molar-refractivity contribution >= 4 is 0 Å². The Morgan fingerprint density at radius 1 is 1.31 bits per heavy atom. The first-order valence-electron chi connectivity index (χ1n) is 5.34. The molecule has 1 rings (SSSR count). The zero-order valence-corrected chi connectivity index (χ0v) is 8.79. The number of hydrogen-bond acceptors (Lipinski definition) is 1. The zero-order chi connectivity index (χ0) is 9.68. The van der Waals surface area contributed by atoms with Crippen molar-refractivity contribution in [1.82, 2.24) is 4.90 Å². The summed E-state index contributed by atoms with van der Waals surface area (Å²) in [6.07, 6.45) is 5.09. The molecule has 1 fully saturated rings. The third-order valence-electron chi connectivity index (χ3n) is 3.06. The Hall–Kier alpha value is -0.550. The highest BCUT2D eigenvalue weighted by atomic mass is 15.2. The molecule has 2 unspecified atom stereocenters. The van der Waals surface area contributed by atoms with Gasteiger partial charge in [0.15, 0.2) is 0 Å². The maximum Gasteiger partial charge on any atom is 0.215 e.